The number of ether oxygens (including phenoxy) is 1. The molecule has 1 N–H and O–H groups in total. The second-order valence-electron chi connectivity index (χ2n) is 2.70. The first kappa shape index (κ1) is 10.3. The van der Waals surface area contributed by atoms with Crippen molar-refractivity contribution in [2.75, 3.05) is 7.11 Å². The van der Waals surface area contributed by atoms with Crippen LogP contribution in [0.25, 0.3) is 0 Å². The molecule has 0 saturated carbocycles. The molecule has 76 valence electrons. The zero-order chi connectivity index (χ0) is 10.6. The third kappa shape index (κ3) is 2.35. The minimum Gasteiger partial charge on any atom is -0.467 e. The fraction of sp³-hybridized carbons (Fsp3) is 0.333. The number of methoxy groups -OCH3 is 1. The van der Waals surface area contributed by atoms with Gasteiger partial charge in [-0.3, -0.25) is 4.79 Å². The van der Waals surface area contributed by atoms with E-state index in [4.69, 9.17) is 4.42 Å². The van der Waals surface area contributed by atoms with Gasteiger partial charge in [0.05, 0.1) is 19.4 Å². The Morgan fingerprint density at radius 3 is 2.79 bits per heavy atom. The van der Waals surface area contributed by atoms with Crippen LogP contribution in [0.3, 0.4) is 0 Å². The molecule has 0 aliphatic heterocycles. The van der Waals surface area contributed by atoms with Gasteiger partial charge in [0.15, 0.2) is 0 Å². The highest BCUT2D eigenvalue weighted by Gasteiger charge is 2.18. The van der Waals surface area contributed by atoms with E-state index < -0.39 is 11.9 Å². The van der Waals surface area contributed by atoms with Crippen LogP contribution in [0.1, 0.15) is 18.7 Å². The number of amides is 1. The van der Waals surface area contributed by atoms with Crippen LogP contribution in [0, 0.1) is 0 Å². The molecule has 0 aromatic carbocycles. The lowest BCUT2D eigenvalue weighted by Gasteiger charge is -2.09. The molecule has 5 heteroatoms. The van der Waals surface area contributed by atoms with Crippen molar-refractivity contribution in [1.29, 1.82) is 0 Å². The Morgan fingerprint density at radius 1 is 1.57 bits per heavy atom. The van der Waals surface area contributed by atoms with E-state index in [1.54, 1.807) is 19.1 Å². The molecule has 0 radical (unpaired) electrons. The van der Waals surface area contributed by atoms with Crippen molar-refractivity contribution in [2.45, 2.75) is 13.0 Å². The Balaban J connectivity index is 2.53. The molecular formula is C9H11NO4. The number of rotatable bonds is 2. The standard InChI is InChI=1S/C9H11NO4/c1-6(7-4-3-5-14-7)10-8(11)9(12)13-2/h3-6H,1-2H3,(H,10,11). The van der Waals surface area contributed by atoms with Crippen LogP contribution in [0.5, 0.6) is 0 Å². The van der Waals surface area contributed by atoms with E-state index in [1.165, 1.54) is 6.26 Å². The van der Waals surface area contributed by atoms with E-state index >= 15 is 0 Å². The molecule has 1 unspecified atom stereocenters. The Morgan fingerprint density at radius 2 is 2.29 bits per heavy atom. The molecular weight excluding hydrogens is 186 g/mol. The average Bonchev–Trinajstić information content (AvgIpc) is 2.69. The van der Waals surface area contributed by atoms with Crippen molar-refractivity contribution in [2.24, 2.45) is 0 Å². The van der Waals surface area contributed by atoms with Crippen LogP contribution in [0.2, 0.25) is 0 Å². The molecule has 0 bridgehead atoms. The van der Waals surface area contributed by atoms with Crippen molar-refractivity contribution in [3.05, 3.63) is 24.2 Å². The third-order valence-electron chi connectivity index (χ3n) is 1.69. The zero-order valence-electron chi connectivity index (χ0n) is 7.94. The first-order valence-corrected chi connectivity index (χ1v) is 4.07. The summed E-state index contributed by atoms with van der Waals surface area (Å²) in [5.41, 5.74) is 0. The summed E-state index contributed by atoms with van der Waals surface area (Å²) in [5, 5.41) is 2.43. The number of carbonyl (C=O) groups excluding carboxylic acids is 2. The highest BCUT2D eigenvalue weighted by Crippen LogP contribution is 2.11. The van der Waals surface area contributed by atoms with Crippen molar-refractivity contribution in [3.63, 3.8) is 0 Å². The van der Waals surface area contributed by atoms with Gasteiger partial charge in [-0.15, -0.1) is 0 Å². The quantitative estimate of drug-likeness (QED) is 0.557. The number of furan rings is 1. The van der Waals surface area contributed by atoms with Crippen LogP contribution in [-0.4, -0.2) is 19.0 Å². The van der Waals surface area contributed by atoms with E-state index in [1.807, 2.05) is 0 Å². The van der Waals surface area contributed by atoms with Gasteiger partial charge in [0.25, 0.3) is 0 Å². The predicted octanol–water partition coefficient (Wildman–Crippen LogP) is 0.630. The lowest BCUT2D eigenvalue weighted by atomic mass is 10.2. The normalized spacial score (nSPS) is 11.9. The van der Waals surface area contributed by atoms with Gasteiger partial charge >= 0.3 is 11.9 Å². The summed E-state index contributed by atoms with van der Waals surface area (Å²) in [4.78, 5) is 21.8. The molecule has 5 nitrogen and oxygen atoms in total. The monoisotopic (exact) mass is 197 g/mol. The van der Waals surface area contributed by atoms with Crippen molar-refractivity contribution >= 4 is 11.9 Å². The SMILES string of the molecule is COC(=O)C(=O)NC(C)c1ccco1. The van der Waals surface area contributed by atoms with Gasteiger partial charge in [-0.05, 0) is 19.1 Å². The van der Waals surface area contributed by atoms with Crippen LogP contribution in [0.15, 0.2) is 22.8 Å². The van der Waals surface area contributed by atoms with Gasteiger partial charge < -0.3 is 14.5 Å². The number of esters is 1. The molecule has 1 aromatic rings. The van der Waals surface area contributed by atoms with E-state index in [-0.39, 0.29) is 6.04 Å². The minimum absolute atomic E-state index is 0.350. The summed E-state index contributed by atoms with van der Waals surface area (Å²) in [6.45, 7) is 1.71. The van der Waals surface area contributed by atoms with E-state index in [9.17, 15) is 9.59 Å². The third-order valence-corrected chi connectivity index (χ3v) is 1.69. The Labute approximate surface area is 81.0 Å². The first-order chi connectivity index (χ1) is 6.65. The minimum atomic E-state index is -0.914. The van der Waals surface area contributed by atoms with Crippen LogP contribution >= 0.6 is 0 Å². The molecule has 1 amide bonds. The molecule has 0 saturated heterocycles. The second kappa shape index (κ2) is 4.45. The molecule has 14 heavy (non-hydrogen) atoms. The Hall–Kier alpha value is -1.78. The van der Waals surface area contributed by atoms with Crippen molar-refractivity contribution in [1.82, 2.24) is 5.32 Å². The lowest BCUT2D eigenvalue weighted by molar-refractivity contribution is -0.153. The zero-order valence-corrected chi connectivity index (χ0v) is 7.94. The van der Waals surface area contributed by atoms with Crippen molar-refractivity contribution < 1.29 is 18.7 Å². The smallest absolute Gasteiger partial charge is 0.396 e. The largest absolute Gasteiger partial charge is 0.467 e. The topological polar surface area (TPSA) is 68.5 Å². The van der Waals surface area contributed by atoms with Crippen molar-refractivity contribution in [3.8, 4) is 0 Å². The van der Waals surface area contributed by atoms with Gasteiger partial charge in [-0.2, -0.15) is 0 Å². The molecule has 0 fully saturated rings. The number of carbonyl (C=O) groups is 2. The fourth-order valence-corrected chi connectivity index (χ4v) is 0.957. The van der Waals surface area contributed by atoms with Crippen LogP contribution in [-0.2, 0) is 14.3 Å². The first-order valence-electron chi connectivity index (χ1n) is 4.07. The maximum Gasteiger partial charge on any atom is 0.396 e. The van der Waals surface area contributed by atoms with E-state index in [0.29, 0.717) is 5.76 Å². The fourth-order valence-electron chi connectivity index (χ4n) is 0.957. The summed E-state index contributed by atoms with van der Waals surface area (Å²) in [5.74, 6) is -1.11. The molecule has 1 atom stereocenters. The highest BCUT2D eigenvalue weighted by atomic mass is 16.5. The van der Waals surface area contributed by atoms with Gasteiger partial charge in [0.1, 0.15) is 5.76 Å². The number of nitrogens with one attached hydrogen (secondary N) is 1. The number of hydrogen-bond donors (Lipinski definition) is 1. The molecule has 1 aromatic heterocycles. The highest BCUT2D eigenvalue weighted by molar-refractivity contribution is 6.32. The van der Waals surface area contributed by atoms with Crippen LogP contribution < -0.4 is 5.32 Å². The molecule has 0 spiro atoms. The molecule has 1 heterocycles. The van der Waals surface area contributed by atoms with Gasteiger partial charge in [-0.1, -0.05) is 0 Å². The summed E-state index contributed by atoms with van der Waals surface area (Å²) in [6.07, 6.45) is 1.50. The summed E-state index contributed by atoms with van der Waals surface area (Å²) in [6, 6.07) is 3.06. The summed E-state index contributed by atoms with van der Waals surface area (Å²) in [7, 11) is 1.15. The van der Waals surface area contributed by atoms with Gasteiger partial charge in [0, 0.05) is 0 Å². The summed E-state index contributed by atoms with van der Waals surface area (Å²) >= 11 is 0. The van der Waals surface area contributed by atoms with E-state index in [0.717, 1.165) is 7.11 Å². The Bertz CT molecular complexity index is 318. The predicted molar refractivity (Wildman–Crippen MR) is 47.3 cm³/mol. The molecule has 1 rings (SSSR count). The van der Waals surface area contributed by atoms with Gasteiger partial charge in [0.2, 0.25) is 0 Å². The summed E-state index contributed by atoms with van der Waals surface area (Å²) < 4.78 is 9.29. The van der Waals surface area contributed by atoms with Crippen LogP contribution in [0.4, 0.5) is 0 Å². The maximum atomic E-state index is 11.1. The average molecular weight is 197 g/mol. The lowest BCUT2D eigenvalue weighted by Crippen LogP contribution is -2.33. The molecule has 0 aliphatic rings. The second-order valence-corrected chi connectivity index (χ2v) is 2.70. The maximum absolute atomic E-state index is 11.1. The van der Waals surface area contributed by atoms with Gasteiger partial charge in [-0.25, -0.2) is 4.79 Å². The number of hydrogen-bond acceptors (Lipinski definition) is 4. The van der Waals surface area contributed by atoms with E-state index in [2.05, 4.69) is 10.1 Å². The Kier molecular flexibility index (Phi) is 3.28. The molecule has 0 aliphatic carbocycles.